The van der Waals surface area contributed by atoms with Gasteiger partial charge in [-0.25, -0.2) is 4.79 Å². The summed E-state index contributed by atoms with van der Waals surface area (Å²) in [5, 5.41) is 5.54. The van der Waals surface area contributed by atoms with Gasteiger partial charge in [0.05, 0.1) is 17.6 Å². The summed E-state index contributed by atoms with van der Waals surface area (Å²) in [6.07, 6.45) is 0. The first-order valence-electron chi connectivity index (χ1n) is 5.64. The third kappa shape index (κ3) is 2.02. The molecule has 6 nitrogen and oxygen atoms in total. The fourth-order valence-electron chi connectivity index (χ4n) is 1.95. The van der Waals surface area contributed by atoms with Crippen LogP contribution in [-0.4, -0.2) is 28.6 Å². The predicted octanol–water partition coefficient (Wildman–Crippen LogP) is 0.0349. The van der Waals surface area contributed by atoms with Crippen molar-refractivity contribution in [1.82, 2.24) is 14.5 Å². The van der Waals surface area contributed by atoms with E-state index in [4.69, 9.17) is 0 Å². The third-order valence-electron chi connectivity index (χ3n) is 2.89. The second-order valence-electron chi connectivity index (χ2n) is 4.18. The number of hydrogen-bond acceptors (Lipinski definition) is 3. The van der Waals surface area contributed by atoms with Crippen LogP contribution < -0.4 is 16.3 Å². The van der Waals surface area contributed by atoms with Crippen molar-refractivity contribution in [2.75, 3.05) is 18.9 Å². The van der Waals surface area contributed by atoms with E-state index in [-0.39, 0.29) is 18.1 Å². The molecule has 96 valence electrons. The molecule has 0 aliphatic carbocycles. The first-order valence-corrected chi connectivity index (χ1v) is 5.64. The highest BCUT2D eigenvalue weighted by atomic mass is 16.2. The molecule has 1 aromatic heterocycles. The molecule has 6 heteroatoms. The van der Waals surface area contributed by atoms with E-state index in [1.54, 1.807) is 42.4 Å². The summed E-state index contributed by atoms with van der Waals surface area (Å²) in [5.41, 5.74) is 2.24. The second-order valence-corrected chi connectivity index (χ2v) is 4.18. The van der Waals surface area contributed by atoms with Crippen molar-refractivity contribution >= 4 is 22.6 Å². The normalized spacial score (nSPS) is 10.8. The van der Waals surface area contributed by atoms with Crippen LogP contribution >= 0.6 is 0 Å². The Balaban J connectivity index is 2.42. The summed E-state index contributed by atoms with van der Waals surface area (Å²) in [4.78, 5) is 23.2. The number of likely N-dealkylation sites (N-methyl/N-ethyl adjacent to an activating group) is 1. The molecular weight excluding hydrogens is 232 g/mol. The lowest BCUT2D eigenvalue weighted by atomic mass is 10.2. The monoisotopic (exact) mass is 248 g/mol. The molecule has 0 saturated carbocycles. The Bertz CT molecular complexity index is 654. The number of imidazole rings is 1. The van der Waals surface area contributed by atoms with Gasteiger partial charge in [0.2, 0.25) is 5.91 Å². The average molecular weight is 248 g/mol. The Hall–Kier alpha value is -2.08. The molecule has 0 spiro atoms. The molecule has 0 bridgehead atoms. The van der Waals surface area contributed by atoms with Crippen LogP contribution in [0.1, 0.15) is 0 Å². The van der Waals surface area contributed by atoms with E-state index < -0.39 is 0 Å². The molecule has 2 N–H and O–H groups in total. The van der Waals surface area contributed by atoms with Crippen LogP contribution in [0.5, 0.6) is 0 Å². The van der Waals surface area contributed by atoms with Gasteiger partial charge >= 0.3 is 5.69 Å². The van der Waals surface area contributed by atoms with Crippen LogP contribution in [0.4, 0.5) is 5.69 Å². The summed E-state index contributed by atoms with van der Waals surface area (Å²) in [6, 6.07) is 5.41. The number of hydrogen-bond donors (Lipinski definition) is 2. The zero-order valence-corrected chi connectivity index (χ0v) is 10.7. The molecule has 0 aliphatic rings. The van der Waals surface area contributed by atoms with E-state index in [0.29, 0.717) is 5.69 Å². The molecule has 0 unspecified atom stereocenters. The van der Waals surface area contributed by atoms with Gasteiger partial charge in [0.25, 0.3) is 0 Å². The Kier molecular flexibility index (Phi) is 3.20. The first-order chi connectivity index (χ1) is 8.54. The van der Waals surface area contributed by atoms with E-state index in [2.05, 4.69) is 10.6 Å². The Labute approximate surface area is 104 Å². The van der Waals surface area contributed by atoms with Gasteiger partial charge in [-0.1, -0.05) is 0 Å². The fourth-order valence-corrected chi connectivity index (χ4v) is 1.95. The zero-order chi connectivity index (χ0) is 13.3. The highest BCUT2D eigenvalue weighted by Gasteiger charge is 2.09. The van der Waals surface area contributed by atoms with E-state index in [9.17, 15) is 9.59 Å². The quantitative estimate of drug-likeness (QED) is 0.805. The summed E-state index contributed by atoms with van der Waals surface area (Å²) in [6.45, 7) is 0.256. The van der Waals surface area contributed by atoms with Gasteiger partial charge in [-0.15, -0.1) is 0 Å². The van der Waals surface area contributed by atoms with Crippen LogP contribution in [0.15, 0.2) is 23.0 Å². The minimum absolute atomic E-state index is 0.0799. The summed E-state index contributed by atoms with van der Waals surface area (Å²) < 4.78 is 3.14. The molecular formula is C12H16N4O2. The summed E-state index contributed by atoms with van der Waals surface area (Å²) >= 11 is 0. The number of rotatable bonds is 3. The molecule has 0 saturated heterocycles. The molecule has 0 aliphatic heterocycles. The molecule has 2 rings (SSSR count). The Morgan fingerprint density at radius 3 is 2.56 bits per heavy atom. The van der Waals surface area contributed by atoms with E-state index >= 15 is 0 Å². The van der Waals surface area contributed by atoms with E-state index in [1.165, 1.54) is 0 Å². The number of amides is 1. The zero-order valence-electron chi connectivity index (χ0n) is 10.7. The molecule has 2 aromatic rings. The van der Waals surface area contributed by atoms with Crippen LogP contribution in [0.25, 0.3) is 11.0 Å². The largest absolute Gasteiger partial charge is 0.328 e. The molecule has 1 heterocycles. The van der Waals surface area contributed by atoms with Crippen LogP contribution in [0, 0.1) is 0 Å². The molecule has 0 atom stereocenters. The number of anilines is 1. The molecule has 18 heavy (non-hydrogen) atoms. The Morgan fingerprint density at radius 1 is 1.22 bits per heavy atom. The highest BCUT2D eigenvalue weighted by Crippen LogP contribution is 2.17. The topological polar surface area (TPSA) is 68.1 Å². The smallest absolute Gasteiger partial charge is 0.325 e. The number of aryl methyl sites for hydroxylation is 2. The standard InChI is InChI=1S/C12H16N4O2/c1-13-7-11(17)14-8-4-5-9-10(6-8)16(3)12(18)15(9)2/h4-6,13H,7H2,1-3H3,(H,14,17). The van der Waals surface area contributed by atoms with Crippen molar-refractivity contribution in [2.24, 2.45) is 14.1 Å². The first kappa shape index (κ1) is 12.4. The fraction of sp³-hybridized carbons (Fsp3) is 0.333. The molecule has 1 aromatic carbocycles. The lowest BCUT2D eigenvalue weighted by Gasteiger charge is -2.05. The van der Waals surface area contributed by atoms with E-state index in [1.807, 2.05) is 6.07 Å². The summed E-state index contributed by atoms with van der Waals surface area (Å²) in [7, 11) is 5.15. The highest BCUT2D eigenvalue weighted by molar-refractivity contribution is 5.94. The number of fused-ring (bicyclic) bond motifs is 1. The number of nitrogens with one attached hydrogen (secondary N) is 2. The van der Waals surface area contributed by atoms with Crippen LogP contribution in [0.2, 0.25) is 0 Å². The lowest BCUT2D eigenvalue weighted by Crippen LogP contribution is -2.25. The van der Waals surface area contributed by atoms with Crippen molar-refractivity contribution in [3.8, 4) is 0 Å². The molecule has 0 radical (unpaired) electrons. The van der Waals surface area contributed by atoms with Crippen molar-refractivity contribution < 1.29 is 4.79 Å². The van der Waals surface area contributed by atoms with Gasteiger partial charge in [0.1, 0.15) is 0 Å². The molecule has 1 amide bonds. The maximum Gasteiger partial charge on any atom is 0.328 e. The van der Waals surface area contributed by atoms with Crippen molar-refractivity contribution in [2.45, 2.75) is 0 Å². The van der Waals surface area contributed by atoms with Gasteiger partial charge < -0.3 is 10.6 Å². The van der Waals surface area contributed by atoms with Crippen molar-refractivity contribution in [3.63, 3.8) is 0 Å². The average Bonchev–Trinajstić information content (AvgIpc) is 2.55. The number of nitrogens with zero attached hydrogens (tertiary/aromatic N) is 2. The van der Waals surface area contributed by atoms with Crippen molar-refractivity contribution in [1.29, 1.82) is 0 Å². The number of aromatic nitrogens is 2. The van der Waals surface area contributed by atoms with Gasteiger partial charge in [0, 0.05) is 19.8 Å². The number of benzene rings is 1. The lowest BCUT2D eigenvalue weighted by molar-refractivity contribution is -0.115. The number of carbonyl (C=O) groups is 1. The maximum absolute atomic E-state index is 11.8. The predicted molar refractivity (Wildman–Crippen MR) is 70.7 cm³/mol. The van der Waals surface area contributed by atoms with Crippen LogP contribution in [-0.2, 0) is 18.9 Å². The number of carbonyl (C=O) groups excluding carboxylic acids is 1. The Morgan fingerprint density at radius 2 is 1.89 bits per heavy atom. The molecule has 0 fully saturated rings. The second kappa shape index (κ2) is 4.66. The minimum Gasteiger partial charge on any atom is -0.325 e. The van der Waals surface area contributed by atoms with Gasteiger partial charge in [-0.05, 0) is 25.2 Å². The van der Waals surface area contributed by atoms with E-state index in [0.717, 1.165) is 11.0 Å². The van der Waals surface area contributed by atoms with Crippen LogP contribution in [0.3, 0.4) is 0 Å². The van der Waals surface area contributed by atoms with Gasteiger partial charge in [-0.3, -0.25) is 13.9 Å². The minimum atomic E-state index is -0.113. The summed E-state index contributed by atoms with van der Waals surface area (Å²) in [5.74, 6) is -0.113. The maximum atomic E-state index is 11.8. The van der Waals surface area contributed by atoms with Gasteiger partial charge in [0.15, 0.2) is 0 Å². The SMILES string of the molecule is CNCC(=O)Nc1ccc2c(c1)n(C)c(=O)n2C. The third-order valence-corrected chi connectivity index (χ3v) is 2.89. The van der Waals surface area contributed by atoms with Gasteiger partial charge in [-0.2, -0.15) is 0 Å². The van der Waals surface area contributed by atoms with Crippen molar-refractivity contribution in [3.05, 3.63) is 28.7 Å².